The van der Waals surface area contributed by atoms with Crippen molar-refractivity contribution in [2.45, 2.75) is 38.8 Å². The van der Waals surface area contributed by atoms with E-state index in [1.54, 1.807) is 18.2 Å². The molecule has 224 valence electrons. The predicted molar refractivity (Wildman–Crippen MR) is 164 cm³/mol. The number of anilines is 1. The Morgan fingerprint density at radius 1 is 0.976 bits per heavy atom. The molecule has 0 radical (unpaired) electrons. The van der Waals surface area contributed by atoms with Crippen LogP contribution in [-0.2, 0) is 32.6 Å². The Bertz CT molecular complexity index is 1520. The molecule has 0 aromatic heterocycles. The Morgan fingerprint density at radius 3 is 2.31 bits per heavy atom. The Labute approximate surface area is 255 Å². The number of benzene rings is 3. The highest BCUT2D eigenvalue weighted by Crippen LogP contribution is 2.26. The number of non-ortho nitro benzene ring substituents is 1. The van der Waals surface area contributed by atoms with Gasteiger partial charge < -0.3 is 10.2 Å². The number of carbonyl (C=O) groups excluding carboxylic acids is 2. The Hall–Kier alpha value is -3.67. The van der Waals surface area contributed by atoms with Gasteiger partial charge in [-0.15, -0.1) is 0 Å². The van der Waals surface area contributed by atoms with E-state index < -0.39 is 39.3 Å². The van der Waals surface area contributed by atoms with Crippen molar-refractivity contribution in [3.05, 3.63) is 104 Å². The van der Waals surface area contributed by atoms with Gasteiger partial charge in [0.1, 0.15) is 12.6 Å². The standard InChI is InChI=1S/C29H32Cl2N4O6S/c1-3-4-15-32-29(37)27(17-21-9-6-5-7-10-21)33(19-22-13-14-25(30)26(31)16-22)28(36)20-34(42(2,40)41)23-11-8-12-24(18-23)35(38)39/h5-14,16,18,27H,3-4,15,17,19-20H2,1-2H3,(H,32,37)/t27-/m1/s1. The van der Waals surface area contributed by atoms with Crippen molar-refractivity contribution in [1.82, 2.24) is 10.2 Å². The molecule has 0 aliphatic heterocycles. The van der Waals surface area contributed by atoms with Crippen LogP contribution in [0.25, 0.3) is 0 Å². The number of nitro benzene ring substituents is 1. The summed E-state index contributed by atoms with van der Waals surface area (Å²) in [5.74, 6) is -1.09. The third kappa shape index (κ3) is 9.17. The van der Waals surface area contributed by atoms with E-state index in [1.165, 1.54) is 23.1 Å². The van der Waals surface area contributed by atoms with Crippen LogP contribution in [0.1, 0.15) is 30.9 Å². The lowest BCUT2D eigenvalue weighted by molar-refractivity contribution is -0.384. The van der Waals surface area contributed by atoms with Gasteiger partial charge >= 0.3 is 0 Å². The Kier molecular flexibility index (Phi) is 11.7. The first-order valence-electron chi connectivity index (χ1n) is 13.2. The van der Waals surface area contributed by atoms with Crippen LogP contribution < -0.4 is 9.62 Å². The van der Waals surface area contributed by atoms with Gasteiger partial charge in [-0.25, -0.2) is 8.42 Å². The minimum atomic E-state index is -4.07. The first-order valence-corrected chi connectivity index (χ1v) is 15.8. The summed E-state index contributed by atoms with van der Waals surface area (Å²) in [6.45, 7) is 1.61. The molecule has 0 unspecified atom stereocenters. The summed E-state index contributed by atoms with van der Waals surface area (Å²) in [4.78, 5) is 39.7. The fourth-order valence-electron chi connectivity index (χ4n) is 4.27. The quantitative estimate of drug-likeness (QED) is 0.147. The van der Waals surface area contributed by atoms with Gasteiger partial charge in [0.15, 0.2) is 0 Å². The number of rotatable bonds is 14. The molecule has 42 heavy (non-hydrogen) atoms. The molecule has 0 saturated carbocycles. The third-order valence-electron chi connectivity index (χ3n) is 6.45. The summed E-state index contributed by atoms with van der Waals surface area (Å²) in [6, 6.07) is 17.9. The largest absolute Gasteiger partial charge is 0.354 e. The zero-order valence-corrected chi connectivity index (χ0v) is 25.5. The number of nitrogens with zero attached hydrogens (tertiary/aromatic N) is 3. The van der Waals surface area contributed by atoms with Crippen LogP contribution >= 0.6 is 23.2 Å². The molecule has 0 fully saturated rings. The molecule has 0 spiro atoms. The Balaban J connectivity index is 2.07. The third-order valence-corrected chi connectivity index (χ3v) is 8.32. The van der Waals surface area contributed by atoms with Gasteiger partial charge in [-0.05, 0) is 35.7 Å². The average molecular weight is 636 g/mol. The maximum atomic E-state index is 14.1. The van der Waals surface area contributed by atoms with Crippen LogP contribution in [0, 0.1) is 10.1 Å². The summed E-state index contributed by atoms with van der Waals surface area (Å²) < 4.78 is 26.5. The van der Waals surface area contributed by atoms with Crippen molar-refractivity contribution >= 4 is 56.4 Å². The van der Waals surface area contributed by atoms with Gasteiger partial charge in [0.25, 0.3) is 5.69 Å². The molecular formula is C29H32Cl2N4O6S. The fraction of sp³-hybridized carbons (Fsp3) is 0.310. The molecule has 3 rings (SSSR count). The molecule has 0 heterocycles. The molecule has 13 heteroatoms. The van der Waals surface area contributed by atoms with E-state index in [0.717, 1.165) is 35.0 Å². The van der Waals surface area contributed by atoms with E-state index >= 15 is 0 Å². The van der Waals surface area contributed by atoms with Crippen molar-refractivity contribution in [3.63, 3.8) is 0 Å². The number of hydrogen-bond donors (Lipinski definition) is 1. The van der Waals surface area contributed by atoms with E-state index in [9.17, 15) is 28.1 Å². The second-order valence-corrected chi connectivity index (χ2v) is 12.4. The number of halogens is 2. The van der Waals surface area contributed by atoms with Gasteiger partial charge in [-0.1, -0.05) is 79.0 Å². The smallest absolute Gasteiger partial charge is 0.271 e. The summed E-state index contributed by atoms with van der Waals surface area (Å²) in [7, 11) is -4.07. The fourth-order valence-corrected chi connectivity index (χ4v) is 5.43. The number of nitrogens with one attached hydrogen (secondary N) is 1. The zero-order valence-electron chi connectivity index (χ0n) is 23.2. The number of amides is 2. The number of nitro groups is 1. The molecule has 10 nitrogen and oxygen atoms in total. The zero-order chi connectivity index (χ0) is 30.9. The minimum Gasteiger partial charge on any atom is -0.354 e. The summed E-state index contributed by atoms with van der Waals surface area (Å²) in [6.07, 6.45) is 2.64. The van der Waals surface area contributed by atoms with Gasteiger partial charge in [-0.3, -0.25) is 24.0 Å². The molecule has 1 atom stereocenters. The van der Waals surface area contributed by atoms with Gasteiger partial charge in [0, 0.05) is 31.6 Å². The SMILES string of the molecule is CCCCNC(=O)[C@@H](Cc1ccccc1)N(Cc1ccc(Cl)c(Cl)c1)C(=O)CN(c1cccc([N+](=O)[O-])c1)S(C)(=O)=O. The highest BCUT2D eigenvalue weighted by molar-refractivity contribution is 7.92. The maximum Gasteiger partial charge on any atom is 0.271 e. The van der Waals surface area contributed by atoms with Crippen molar-refractivity contribution in [1.29, 1.82) is 0 Å². The minimum absolute atomic E-state index is 0.0541. The van der Waals surface area contributed by atoms with Gasteiger partial charge in [0.2, 0.25) is 21.8 Å². The second-order valence-electron chi connectivity index (χ2n) is 9.67. The normalized spacial score (nSPS) is 11.9. The molecule has 3 aromatic carbocycles. The van der Waals surface area contributed by atoms with Crippen LogP contribution in [0.3, 0.4) is 0 Å². The molecule has 0 aliphatic carbocycles. The Morgan fingerprint density at radius 2 is 1.69 bits per heavy atom. The molecule has 3 aromatic rings. The van der Waals surface area contributed by atoms with Crippen LogP contribution in [0.2, 0.25) is 10.0 Å². The van der Waals surface area contributed by atoms with Crippen LogP contribution in [0.5, 0.6) is 0 Å². The maximum absolute atomic E-state index is 14.1. The van der Waals surface area contributed by atoms with Crippen LogP contribution in [0.4, 0.5) is 11.4 Å². The van der Waals surface area contributed by atoms with Crippen LogP contribution in [0.15, 0.2) is 72.8 Å². The highest BCUT2D eigenvalue weighted by atomic mass is 35.5. The molecule has 0 saturated heterocycles. The molecule has 2 amide bonds. The highest BCUT2D eigenvalue weighted by Gasteiger charge is 2.33. The number of unbranched alkanes of at least 4 members (excludes halogenated alkanes) is 1. The van der Waals surface area contributed by atoms with E-state index in [0.29, 0.717) is 17.1 Å². The lowest BCUT2D eigenvalue weighted by Gasteiger charge is -2.33. The van der Waals surface area contributed by atoms with Crippen molar-refractivity contribution < 1.29 is 22.9 Å². The molecule has 0 bridgehead atoms. The summed E-state index contributed by atoms with van der Waals surface area (Å²) in [5, 5.41) is 14.8. The van der Waals surface area contributed by atoms with Crippen molar-refractivity contribution in [2.75, 3.05) is 23.7 Å². The first kappa shape index (κ1) is 32.8. The summed E-state index contributed by atoms with van der Waals surface area (Å²) >= 11 is 12.3. The second kappa shape index (κ2) is 15.0. The number of carbonyl (C=O) groups is 2. The van der Waals surface area contributed by atoms with E-state index in [1.807, 2.05) is 37.3 Å². The van der Waals surface area contributed by atoms with Gasteiger partial charge in [-0.2, -0.15) is 0 Å². The number of sulfonamides is 1. The van der Waals surface area contributed by atoms with Crippen LogP contribution in [-0.4, -0.2) is 55.4 Å². The topological polar surface area (TPSA) is 130 Å². The molecule has 0 aliphatic rings. The molecule has 1 N–H and O–H groups in total. The summed E-state index contributed by atoms with van der Waals surface area (Å²) in [5.41, 5.74) is 0.970. The lowest BCUT2D eigenvalue weighted by atomic mass is 10.0. The molecular weight excluding hydrogens is 603 g/mol. The van der Waals surface area contributed by atoms with E-state index in [-0.39, 0.29) is 29.4 Å². The van der Waals surface area contributed by atoms with Gasteiger partial charge in [0.05, 0.1) is 26.9 Å². The average Bonchev–Trinajstić information content (AvgIpc) is 2.95. The van der Waals surface area contributed by atoms with Crippen molar-refractivity contribution in [3.8, 4) is 0 Å². The van der Waals surface area contributed by atoms with Crippen molar-refractivity contribution in [2.24, 2.45) is 0 Å². The first-order chi connectivity index (χ1) is 19.9. The number of hydrogen-bond acceptors (Lipinski definition) is 6. The predicted octanol–water partition coefficient (Wildman–Crippen LogP) is 5.22. The lowest BCUT2D eigenvalue weighted by Crippen LogP contribution is -2.53. The van der Waals surface area contributed by atoms with E-state index in [4.69, 9.17) is 23.2 Å². The van der Waals surface area contributed by atoms with E-state index in [2.05, 4.69) is 5.32 Å². The monoisotopic (exact) mass is 634 g/mol.